The average Bonchev–Trinajstić information content (AvgIpc) is 2.96. The highest BCUT2D eigenvalue weighted by Crippen LogP contribution is 2.30. The molecule has 0 amide bonds. The van der Waals surface area contributed by atoms with Crippen LogP contribution in [-0.4, -0.2) is 10.4 Å². The van der Waals surface area contributed by atoms with Crippen LogP contribution in [0, 0.1) is 23.2 Å². The molecule has 1 aromatic carbocycles. The van der Waals surface area contributed by atoms with E-state index in [1.807, 2.05) is 45.4 Å². The number of hydrogen-bond donors (Lipinski definition) is 0. The Morgan fingerprint density at radius 1 is 1.24 bits per heavy atom. The van der Waals surface area contributed by atoms with E-state index in [0.717, 1.165) is 4.88 Å². The van der Waals surface area contributed by atoms with E-state index >= 15 is 0 Å². The van der Waals surface area contributed by atoms with Crippen LogP contribution in [0.4, 0.5) is 17.6 Å². The zero-order chi connectivity index (χ0) is 22.0. The Labute approximate surface area is 170 Å². The van der Waals surface area contributed by atoms with Gasteiger partial charge in [-0.05, 0) is 29.5 Å². The van der Waals surface area contributed by atoms with Gasteiger partial charge in [0.05, 0.1) is 11.1 Å². The fourth-order valence-electron chi connectivity index (χ4n) is 2.49. The Kier molecular flexibility index (Phi) is 6.68. The van der Waals surface area contributed by atoms with Gasteiger partial charge in [-0.1, -0.05) is 34.6 Å². The summed E-state index contributed by atoms with van der Waals surface area (Å²) < 4.78 is 55.3. The third kappa shape index (κ3) is 5.76. The zero-order valence-electron chi connectivity index (χ0n) is 16.8. The van der Waals surface area contributed by atoms with Crippen LogP contribution in [0.5, 0.6) is 0 Å². The molecule has 4 nitrogen and oxygen atoms in total. The predicted octanol–water partition coefficient (Wildman–Crippen LogP) is 5.49. The van der Waals surface area contributed by atoms with Gasteiger partial charge >= 0.3 is 6.18 Å². The molecule has 0 radical (unpaired) electrons. The second-order valence-corrected chi connectivity index (χ2v) is 9.02. The number of halogens is 4. The normalized spacial score (nSPS) is 13.8. The molecule has 0 atom stereocenters. The maximum absolute atomic E-state index is 14.3. The Bertz CT molecular complexity index is 1010. The second kappa shape index (κ2) is 8.49. The Morgan fingerprint density at radius 3 is 2.41 bits per heavy atom. The summed E-state index contributed by atoms with van der Waals surface area (Å²) in [7, 11) is 0. The van der Waals surface area contributed by atoms with Gasteiger partial charge in [0.1, 0.15) is 5.82 Å². The van der Waals surface area contributed by atoms with E-state index in [9.17, 15) is 17.6 Å². The highest BCUT2D eigenvalue weighted by Gasteiger charge is 2.31. The van der Waals surface area contributed by atoms with Gasteiger partial charge < -0.3 is 4.57 Å². The first-order valence-electron chi connectivity index (χ1n) is 8.92. The lowest BCUT2D eigenvalue weighted by atomic mass is 9.95. The fraction of sp³-hybridized carbons (Fsp3) is 0.450. The van der Waals surface area contributed by atoms with Crippen molar-refractivity contribution in [2.24, 2.45) is 15.9 Å². The van der Waals surface area contributed by atoms with Crippen molar-refractivity contribution in [2.75, 3.05) is 0 Å². The summed E-state index contributed by atoms with van der Waals surface area (Å²) >= 11 is 1.33. The van der Waals surface area contributed by atoms with Gasteiger partial charge in [0.2, 0.25) is 6.19 Å². The number of hydrogen-bond acceptors (Lipinski definition) is 3. The summed E-state index contributed by atoms with van der Waals surface area (Å²) in [4.78, 5) is 9.24. The number of rotatable bonds is 3. The third-order valence-electron chi connectivity index (χ3n) is 3.91. The first-order chi connectivity index (χ1) is 13.3. The van der Waals surface area contributed by atoms with Crippen molar-refractivity contribution in [1.29, 1.82) is 5.26 Å². The van der Waals surface area contributed by atoms with E-state index in [4.69, 9.17) is 5.26 Å². The van der Waals surface area contributed by atoms with Gasteiger partial charge in [-0.15, -0.1) is 11.3 Å². The molecule has 29 heavy (non-hydrogen) atoms. The summed E-state index contributed by atoms with van der Waals surface area (Å²) in [5, 5.41) is 9.00. The van der Waals surface area contributed by atoms with Crippen molar-refractivity contribution >= 4 is 17.2 Å². The van der Waals surface area contributed by atoms with E-state index in [1.165, 1.54) is 17.5 Å². The van der Waals surface area contributed by atoms with E-state index in [0.29, 0.717) is 29.5 Å². The molecule has 0 saturated heterocycles. The summed E-state index contributed by atoms with van der Waals surface area (Å²) in [6, 6.07) is 1.97. The summed E-state index contributed by atoms with van der Waals surface area (Å²) in [6.45, 7) is 10.7. The second-order valence-electron chi connectivity index (χ2n) is 8.01. The quantitative estimate of drug-likeness (QED) is 0.277. The van der Waals surface area contributed by atoms with Crippen molar-refractivity contribution in [3.63, 3.8) is 0 Å². The number of amidine groups is 1. The summed E-state index contributed by atoms with van der Waals surface area (Å²) in [5.41, 5.74) is -1.68. The molecule has 1 aromatic heterocycles. The minimum absolute atomic E-state index is 0.175. The molecule has 0 aliphatic carbocycles. The SMILES string of the molecule is CC(C)Cn1cc(C(C)(C)C)s/c1=N\C(=N\C#N)c1cc(C(F)(F)F)ccc1F. The number of nitrogens with zero attached hydrogens (tertiary/aromatic N) is 4. The van der Waals surface area contributed by atoms with Crippen LogP contribution in [0.25, 0.3) is 0 Å². The Balaban J connectivity index is 2.71. The Morgan fingerprint density at radius 2 is 1.90 bits per heavy atom. The molecule has 2 aromatic rings. The van der Waals surface area contributed by atoms with Crippen LogP contribution in [-0.2, 0) is 18.1 Å². The average molecular weight is 426 g/mol. The van der Waals surface area contributed by atoms with Crippen LogP contribution in [0.2, 0.25) is 0 Å². The van der Waals surface area contributed by atoms with E-state index in [1.54, 1.807) is 0 Å². The van der Waals surface area contributed by atoms with Crippen molar-refractivity contribution in [3.8, 4) is 6.19 Å². The van der Waals surface area contributed by atoms with Gasteiger partial charge in [-0.2, -0.15) is 28.4 Å². The molecule has 2 rings (SSSR count). The number of benzene rings is 1. The molecule has 9 heteroatoms. The molecular formula is C20H22F4N4S. The first-order valence-corrected chi connectivity index (χ1v) is 9.74. The van der Waals surface area contributed by atoms with Gasteiger partial charge in [0, 0.05) is 17.6 Å². The highest BCUT2D eigenvalue weighted by molar-refractivity contribution is 7.09. The minimum atomic E-state index is -4.65. The molecule has 0 aliphatic heterocycles. The number of nitriles is 1. The van der Waals surface area contributed by atoms with Crippen LogP contribution in [0.3, 0.4) is 0 Å². The molecule has 0 saturated carbocycles. The van der Waals surface area contributed by atoms with Crippen molar-refractivity contribution in [3.05, 3.63) is 51.0 Å². The number of aliphatic imine (C=N–C) groups is 1. The maximum Gasteiger partial charge on any atom is 0.416 e. The lowest BCUT2D eigenvalue weighted by Crippen LogP contribution is -2.19. The van der Waals surface area contributed by atoms with Gasteiger partial charge in [0.15, 0.2) is 10.6 Å². The van der Waals surface area contributed by atoms with E-state index in [-0.39, 0.29) is 11.3 Å². The summed E-state index contributed by atoms with van der Waals surface area (Å²) in [6.07, 6.45) is -1.22. The molecular weight excluding hydrogens is 404 g/mol. The molecule has 0 aliphatic rings. The third-order valence-corrected chi connectivity index (χ3v) is 5.36. The first kappa shape index (κ1) is 22.8. The molecule has 1 heterocycles. The molecule has 0 unspecified atom stereocenters. The lowest BCUT2D eigenvalue weighted by molar-refractivity contribution is -0.137. The van der Waals surface area contributed by atoms with Crippen LogP contribution < -0.4 is 4.80 Å². The predicted molar refractivity (Wildman–Crippen MR) is 105 cm³/mol. The molecule has 0 spiro atoms. The largest absolute Gasteiger partial charge is 0.416 e. The monoisotopic (exact) mass is 426 g/mol. The molecule has 0 fully saturated rings. The van der Waals surface area contributed by atoms with Crippen molar-refractivity contribution in [1.82, 2.24) is 4.57 Å². The standard InChI is InChI=1S/C20H22F4N4S/c1-12(2)9-28-10-16(19(3,4)5)29-18(28)27-17(26-11-25)14-8-13(20(22,23)24)6-7-15(14)21/h6-8,10,12H,9H2,1-5H3/b26-17+,27-18-. The molecule has 0 bridgehead atoms. The highest BCUT2D eigenvalue weighted by atomic mass is 32.1. The lowest BCUT2D eigenvalue weighted by Gasteiger charge is -2.14. The van der Waals surface area contributed by atoms with Gasteiger partial charge in [-0.25, -0.2) is 4.39 Å². The van der Waals surface area contributed by atoms with Gasteiger partial charge in [-0.3, -0.25) is 0 Å². The fourth-order valence-corrected chi connectivity index (χ4v) is 3.55. The van der Waals surface area contributed by atoms with Crippen molar-refractivity contribution < 1.29 is 17.6 Å². The topological polar surface area (TPSA) is 53.4 Å². The van der Waals surface area contributed by atoms with Crippen LogP contribution in [0.15, 0.2) is 34.4 Å². The minimum Gasteiger partial charge on any atom is -0.323 e. The number of thiazole rings is 1. The summed E-state index contributed by atoms with van der Waals surface area (Å²) in [5.74, 6) is -1.05. The number of aromatic nitrogens is 1. The van der Waals surface area contributed by atoms with E-state index in [2.05, 4.69) is 9.98 Å². The zero-order valence-corrected chi connectivity index (χ0v) is 17.6. The molecule has 0 N–H and O–H groups in total. The van der Waals surface area contributed by atoms with Crippen LogP contribution in [0.1, 0.15) is 50.6 Å². The number of alkyl halides is 3. The maximum atomic E-state index is 14.3. The van der Waals surface area contributed by atoms with Crippen LogP contribution >= 0.6 is 11.3 Å². The van der Waals surface area contributed by atoms with E-state index < -0.39 is 29.0 Å². The van der Waals surface area contributed by atoms with Crippen molar-refractivity contribution in [2.45, 2.75) is 52.8 Å². The smallest absolute Gasteiger partial charge is 0.323 e. The Hall–Kier alpha value is -2.47. The van der Waals surface area contributed by atoms with Gasteiger partial charge in [0.25, 0.3) is 0 Å². The molecule has 156 valence electrons.